The van der Waals surface area contributed by atoms with Crippen molar-refractivity contribution < 1.29 is 19.2 Å². The smallest absolute Gasteiger partial charge is 0.311 e. The Morgan fingerprint density at radius 3 is 2.70 bits per heavy atom. The van der Waals surface area contributed by atoms with Crippen molar-refractivity contribution in [2.45, 2.75) is 5.75 Å². The van der Waals surface area contributed by atoms with Gasteiger partial charge in [0.05, 0.1) is 30.6 Å². The van der Waals surface area contributed by atoms with Crippen molar-refractivity contribution in [3.63, 3.8) is 0 Å². The van der Waals surface area contributed by atoms with E-state index in [-0.39, 0.29) is 23.1 Å². The summed E-state index contributed by atoms with van der Waals surface area (Å²) in [4.78, 5) is 27.3. The molecule has 156 valence electrons. The molecule has 1 aromatic heterocycles. The van der Waals surface area contributed by atoms with Crippen molar-refractivity contribution in [2.75, 3.05) is 25.3 Å². The molecular weight excluding hydrogens is 426 g/mol. The minimum absolute atomic E-state index is 0.0910. The summed E-state index contributed by atoms with van der Waals surface area (Å²) in [5.74, 6) is 1.39. The highest BCUT2D eigenvalue weighted by Gasteiger charge is 2.16. The number of amides is 1. The second kappa shape index (κ2) is 10.1. The van der Waals surface area contributed by atoms with Crippen molar-refractivity contribution >= 4 is 39.8 Å². The van der Waals surface area contributed by atoms with Crippen LogP contribution in [0.5, 0.6) is 11.5 Å². The molecule has 0 aliphatic heterocycles. The first kappa shape index (κ1) is 21.6. The Balaban J connectivity index is 1.55. The number of carbonyl (C=O) groups is 1. The normalized spacial score (nSPS) is 10.5. The van der Waals surface area contributed by atoms with E-state index in [0.29, 0.717) is 16.6 Å². The van der Waals surface area contributed by atoms with Crippen LogP contribution in [0.2, 0.25) is 0 Å². The van der Waals surface area contributed by atoms with Crippen LogP contribution in [-0.4, -0.2) is 35.8 Å². The van der Waals surface area contributed by atoms with Crippen LogP contribution in [0, 0.1) is 10.1 Å². The van der Waals surface area contributed by atoms with Crippen molar-refractivity contribution in [2.24, 2.45) is 0 Å². The molecule has 0 fully saturated rings. The van der Waals surface area contributed by atoms with Gasteiger partial charge in [-0.3, -0.25) is 14.9 Å². The molecule has 2 aromatic carbocycles. The average molecular weight is 446 g/mol. The fraction of sp³-hybridized carbons (Fsp3) is 0.200. The quantitative estimate of drug-likeness (QED) is 0.379. The minimum atomic E-state index is -0.485. The van der Waals surface area contributed by atoms with Crippen LogP contribution >= 0.6 is 23.1 Å². The third-order valence-electron chi connectivity index (χ3n) is 4.08. The lowest BCUT2D eigenvalue weighted by Gasteiger charge is -2.06. The number of hydrogen-bond donors (Lipinski definition) is 1. The van der Waals surface area contributed by atoms with E-state index in [2.05, 4.69) is 10.3 Å². The largest absolute Gasteiger partial charge is 0.496 e. The number of anilines is 1. The minimum Gasteiger partial charge on any atom is -0.496 e. The molecule has 3 aromatic rings. The molecule has 0 saturated carbocycles. The van der Waals surface area contributed by atoms with E-state index >= 15 is 0 Å². The molecule has 10 heteroatoms. The van der Waals surface area contributed by atoms with Gasteiger partial charge in [-0.2, -0.15) is 0 Å². The van der Waals surface area contributed by atoms with E-state index < -0.39 is 4.92 Å². The van der Waals surface area contributed by atoms with Crippen LogP contribution in [0.15, 0.2) is 47.8 Å². The predicted octanol–water partition coefficient (Wildman–Crippen LogP) is 4.61. The summed E-state index contributed by atoms with van der Waals surface area (Å²) in [6, 6.07) is 12.3. The number of nitro benzene ring substituents is 1. The van der Waals surface area contributed by atoms with E-state index in [4.69, 9.17) is 9.47 Å². The highest BCUT2D eigenvalue weighted by atomic mass is 32.2. The third-order valence-corrected chi connectivity index (χ3v) is 5.84. The number of para-hydroxylation sites is 1. The zero-order valence-electron chi connectivity index (χ0n) is 16.3. The lowest BCUT2D eigenvalue weighted by Crippen LogP contribution is -2.14. The summed E-state index contributed by atoms with van der Waals surface area (Å²) < 4.78 is 10.3. The Labute approximate surface area is 181 Å². The second-order valence-corrected chi connectivity index (χ2v) is 7.89. The van der Waals surface area contributed by atoms with E-state index in [1.807, 2.05) is 29.6 Å². The Kier molecular flexibility index (Phi) is 7.26. The molecule has 0 aliphatic rings. The Bertz CT molecular complexity index is 1050. The third kappa shape index (κ3) is 5.28. The Morgan fingerprint density at radius 2 is 1.97 bits per heavy atom. The van der Waals surface area contributed by atoms with Gasteiger partial charge in [0.15, 0.2) is 10.9 Å². The van der Waals surface area contributed by atoms with Gasteiger partial charge in [-0.1, -0.05) is 18.2 Å². The fourth-order valence-electron chi connectivity index (χ4n) is 2.70. The summed E-state index contributed by atoms with van der Waals surface area (Å²) in [7, 11) is 2.99. The van der Waals surface area contributed by atoms with Crippen molar-refractivity contribution in [3.8, 4) is 22.8 Å². The molecule has 0 bridgehead atoms. The average Bonchev–Trinajstić information content (AvgIpc) is 3.21. The van der Waals surface area contributed by atoms with Crippen LogP contribution in [0.1, 0.15) is 5.56 Å². The second-order valence-electron chi connectivity index (χ2n) is 6.04. The number of ether oxygens (including phenoxy) is 2. The summed E-state index contributed by atoms with van der Waals surface area (Å²) in [5.41, 5.74) is 2.23. The topological polar surface area (TPSA) is 104 Å². The molecule has 0 unspecified atom stereocenters. The number of hydrogen-bond acceptors (Lipinski definition) is 8. The Hall–Kier alpha value is -3.11. The van der Waals surface area contributed by atoms with Crippen LogP contribution < -0.4 is 14.8 Å². The number of methoxy groups -OCH3 is 2. The summed E-state index contributed by atoms with van der Waals surface area (Å²) in [6.07, 6.45) is 0. The number of nitro groups is 1. The zero-order valence-corrected chi connectivity index (χ0v) is 17.9. The van der Waals surface area contributed by atoms with Crippen LogP contribution in [0.3, 0.4) is 0 Å². The summed E-state index contributed by atoms with van der Waals surface area (Å²) in [6.45, 7) is 0. The van der Waals surface area contributed by atoms with Crippen molar-refractivity contribution in [1.82, 2.24) is 4.98 Å². The molecule has 0 aliphatic carbocycles. The van der Waals surface area contributed by atoms with E-state index in [9.17, 15) is 14.9 Å². The van der Waals surface area contributed by atoms with Gasteiger partial charge in [0, 0.05) is 22.8 Å². The predicted molar refractivity (Wildman–Crippen MR) is 119 cm³/mol. The lowest BCUT2D eigenvalue weighted by atomic mass is 10.1. The molecule has 3 rings (SSSR count). The first-order chi connectivity index (χ1) is 14.5. The molecule has 1 N–H and O–H groups in total. The number of thioether (sulfide) groups is 1. The highest BCUT2D eigenvalue weighted by Crippen LogP contribution is 2.32. The number of rotatable bonds is 9. The highest BCUT2D eigenvalue weighted by molar-refractivity contribution is 7.99. The monoisotopic (exact) mass is 445 g/mol. The van der Waals surface area contributed by atoms with Gasteiger partial charge < -0.3 is 14.8 Å². The van der Waals surface area contributed by atoms with Crippen LogP contribution in [-0.2, 0) is 10.5 Å². The fourth-order valence-corrected chi connectivity index (χ4v) is 4.20. The molecule has 1 heterocycles. The van der Waals surface area contributed by atoms with Crippen LogP contribution in [0.4, 0.5) is 10.8 Å². The molecular formula is C20H19N3O5S2. The number of nitrogens with one attached hydrogen (secondary N) is 1. The SMILES string of the molecule is COc1ccccc1-c1csc(NC(=O)CSCc2ccc(OC)c([N+](=O)[O-])c2)n1. The first-order valence-corrected chi connectivity index (χ1v) is 10.8. The maximum absolute atomic E-state index is 12.2. The molecule has 30 heavy (non-hydrogen) atoms. The van der Waals surface area contributed by atoms with Gasteiger partial charge in [0.25, 0.3) is 0 Å². The molecule has 0 saturated heterocycles. The molecule has 0 radical (unpaired) electrons. The van der Waals surface area contributed by atoms with E-state index in [1.165, 1.54) is 36.3 Å². The standard InChI is InChI=1S/C20H19N3O5S2/c1-27-17-6-4-3-5-14(17)15-11-30-20(21-15)22-19(24)12-29-10-13-7-8-18(28-2)16(9-13)23(25)26/h3-9,11H,10,12H2,1-2H3,(H,21,22,24). The molecule has 8 nitrogen and oxygen atoms in total. The number of carbonyl (C=O) groups excluding carboxylic acids is 1. The zero-order chi connectivity index (χ0) is 21.5. The first-order valence-electron chi connectivity index (χ1n) is 8.79. The lowest BCUT2D eigenvalue weighted by molar-refractivity contribution is -0.385. The number of nitrogens with zero attached hydrogens (tertiary/aromatic N) is 2. The summed E-state index contributed by atoms with van der Waals surface area (Å²) >= 11 is 2.69. The number of thiazole rings is 1. The van der Waals surface area contributed by atoms with Gasteiger partial charge in [-0.15, -0.1) is 23.1 Å². The number of benzene rings is 2. The Morgan fingerprint density at radius 1 is 1.20 bits per heavy atom. The molecule has 1 amide bonds. The maximum atomic E-state index is 12.2. The summed E-state index contributed by atoms with van der Waals surface area (Å²) in [5, 5.41) is 16.2. The van der Waals surface area contributed by atoms with Gasteiger partial charge in [-0.05, 0) is 23.8 Å². The van der Waals surface area contributed by atoms with Crippen molar-refractivity contribution in [3.05, 3.63) is 63.5 Å². The molecule has 0 spiro atoms. The molecule has 0 atom stereocenters. The van der Waals surface area contributed by atoms with Gasteiger partial charge in [0.2, 0.25) is 5.91 Å². The van der Waals surface area contributed by atoms with Crippen molar-refractivity contribution in [1.29, 1.82) is 0 Å². The van der Waals surface area contributed by atoms with Gasteiger partial charge >= 0.3 is 5.69 Å². The van der Waals surface area contributed by atoms with E-state index in [1.54, 1.807) is 19.2 Å². The maximum Gasteiger partial charge on any atom is 0.311 e. The van der Waals surface area contributed by atoms with E-state index in [0.717, 1.165) is 16.8 Å². The van der Waals surface area contributed by atoms with Crippen LogP contribution in [0.25, 0.3) is 11.3 Å². The van der Waals surface area contributed by atoms with Gasteiger partial charge in [-0.25, -0.2) is 4.98 Å². The number of aromatic nitrogens is 1. The van der Waals surface area contributed by atoms with Gasteiger partial charge in [0.1, 0.15) is 5.75 Å².